The number of phenols is 1. The first-order valence-electron chi connectivity index (χ1n) is 6.28. The van der Waals surface area contributed by atoms with Gasteiger partial charge in [0.2, 0.25) is 0 Å². The number of benzene rings is 2. The maximum Gasteiger partial charge on any atom is 0.147 e. The van der Waals surface area contributed by atoms with Crippen molar-refractivity contribution < 1.29 is 14.9 Å². The van der Waals surface area contributed by atoms with Crippen LogP contribution in [0.5, 0.6) is 11.5 Å². The molecule has 0 aromatic heterocycles. The highest BCUT2D eigenvalue weighted by Gasteiger charge is 2.13. The lowest BCUT2D eigenvalue weighted by molar-refractivity contribution is 0.122. The molecular weight excluding hydrogens is 548 g/mol. The maximum absolute atomic E-state index is 9.80. The summed E-state index contributed by atoms with van der Waals surface area (Å²) in [6.45, 7) is 1.88. The molecule has 22 heavy (non-hydrogen) atoms. The van der Waals surface area contributed by atoms with E-state index in [1.807, 2.05) is 24.3 Å². The molecule has 7 heteroatoms. The molecule has 0 saturated heterocycles. The monoisotopic (exact) mass is 556 g/mol. The molecule has 118 valence electrons. The minimum atomic E-state index is -0.539. The summed E-state index contributed by atoms with van der Waals surface area (Å²) in [5, 5.41) is 19.1. The van der Waals surface area contributed by atoms with Gasteiger partial charge in [0.05, 0.1) is 24.0 Å². The van der Waals surface area contributed by atoms with Crippen LogP contribution in [0.3, 0.4) is 0 Å². The third-order valence-corrected chi connectivity index (χ3v) is 5.20. The van der Waals surface area contributed by atoms with Gasteiger partial charge in [-0.25, -0.2) is 0 Å². The Balaban J connectivity index is 2.42. The summed E-state index contributed by atoms with van der Waals surface area (Å²) >= 11 is 13.6. The van der Waals surface area contributed by atoms with Gasteiger partial charge in [-0.05, 0) is 106 Å². The first-order chi connectivity index (χ1) is 10.3. The summed E-state index contributed by atoms with van der Waals surface area (Å²) in [5.41, 5.74) is 1.88. The summed E-state index contributed by atoms with van der Waals surface area (Å²) in [7, 11) is 0. The van der Waals surface area contributed by atoms with Crippen LogP contribution in [0.15, 0.2) is 42.2 Å². The smallest absolute Gasteiger partial charge is 0.147 e. The Hall–Kier alpha value is -0.0800. The molecular formula is C15H12Br4O3. The van der Waals surface area contributed by atoms with Crippen molar-refractivity contribution in [3.05, 3.63) is 42.2 Å². The minimum absolute atomic E-state index is 0.166. The van der Waals surface area contributed by atoms with Crippen molar-refractivity contribution in [2.75, 3.05) is 6.61 Å². The highest BCUT2D eigenvalue weighted by Crippen LogP contribution is 2.41. The van der Waals surface area contributed by atoms with Crippen molar-refractivity contribution >= 4 is 63.7 Å². The van der Waals surface area contributed by atoms with Gasteiger partial charge in [-0.2, -0.15) is 0 Å². The number of halogens is 4. The van der Waals surface area contributed by atoms with Gasteiger partial charge >= 0.3 is 0 Å². The summed E-state index contributed by atoms with van der Waals surface area (Å²) in [6.07, 6.45) is -0.539. The quantitative estimate of drug-likeness (QED) is 0.493. The van der Waals surface area contributed by atoms with E-state index in [2.05, 4.69) is 63.7 Å². The summed E-state index contributed by atoms with van der Waals surface area (Å²) in [6, 6.07) is 7.52. The van der Waals surface area contributed by atoms with E-state index >= 15 is 0 Å². The number of ether oxygens (including phenoxy) is 1. The molecule has 0 spiro atoms. The van der Waals surface area contributed by atoms with Gasteiger partial charge in [-0.15, -0.1) is 0 Å². The van der Waals surface area contributed by atoms with Gasteiger partial charge < -0.3 is 14.9 Å². The van der Waals surface area contributed by atoms with Crippen LogP contribution in [-0.2, 0) is 0 Å². The zero-order chi connectivity index (χ0) is 16.4. The van der Waals surface area contributed by atoms with E-state index in [0.29, 0.717) is 14.7 Å². The van der Waals surface area contributed by atoms with E-state index in [1.54, 1.807) is 6.92 Å². The van der Waals surface area contributed by atoms with Gasteiger partial charge in [0.1, 0.15) is 18.1 Å². The van der Waals surface area contributed by atoms with Crippen LogP contribution in [-0.4, -0.2) is 22.9 Å². The normalized spacial score (nSPS) is 12.3. The lowest BCUT2D eigenvalue weighted by atomic mass is 10.1. The third-order valence-electron chi connectivity index (χ3n) is 2.82. The fourth-order valence-corrected chi connectivity index (χ4v) is 4.40. The second-order valence-electron chi connectivity index (χ2n) is 4.72. The van der Waals surface area contributed by atoms with Crippen LogP contribution in [0.4, 0.5) is 0 Å². The van der Waals surface area contributed by atoms with Gasteiger partial charge in [-0.1, -0.05) is 0 Å². The second-order valence-corrected chi connectivity index (χ2v) is 8.13. The largest absolute Gasteiger partial charge is 0.506 e. The molecule has 0 saturated carbocycles. The van der Waals surface area contributed by atoms with Crippen molar-refractivity contribution in [1.29, 1.82) is 0 Å². The molecule has 2 rings (SSSR count). The molecule has 2 N–H and O–H groups in total. The van der Waals surface area contributed by atoms with E-state index in [4.69, 9.17) is 4.74 Å². The highest BCUT2D eigenvalue weighted by atomic mass is 79.9. The van der Waals surface area contributed by atoms with E-state index in [9.17, 15) is 10.2 Å². The number of hydrogen-bond donors (Lipinski definition) is 2. The molecule has 0 aliphatic rings. The van der Waals surface area contributed by atoms with Crippen molar-refractivity contribution in [2.24, 2.45) is 0 Å². The standard InChI is InChI=1S/C15H12Br4O3/c1-7(20)6-22-15-12(18)4-9(5-13(15)19)8-2-10(16)14(21)11(17)3-8/h2-5,7,20-21H,6H2,1H3. The van der Waals surface area contributed by atoms with Gasteiger partial charge in [0.25, 0.3) is 0 Å². The van der Waals surface area contributed by atoms with Crippen molar-refractivity contribution in [2.45, 2.75) is 13.0 Å². The van der Waals surface area contributed by atoms with E-state index < -0.39 is 6.10 Å². The van der Waals surface area contributed by atoms with Gasteiger partial charge in [0, 0.05) is 0 Å². The lowest BCUT2D eigenvalue weighted by Crippen LogP contribution is -2.13. The van der Waals surface area contributed by atoms with Gasteiger partial charge in [-0.3, -0.25) is 0 Å². The van der Waals surface area contributed by atoms with Crippen LogP contribution >= 0.6 is 63.7 Å². The Morgan fingerprint density at radius 3 is 1.73 bits per heavy atom. The molecule has 1 unspecified atom stereocenters. The Kier molecular flexibility index (Phi) is 6.36. The summed E-state index contributed by atoms with van der Waals surface area (Å²) < 4.78 is 8.36. The molecule has 0 radical (unpaired) electrons. The number of hydrogen-bond acceptors (Lipinski definition) is 3. The Morgan fingerprint density at radius 2 is 1.32 bits per heavy atom. The highest BCUT2D eigenvalue weighted by molar-refractivity contribution is 9.11. The zero-order valence-electron chi connectivity index (χ0n) is 11.4. The van der Waals surface area contributed by atoms with E-state index in [1.165, 1.54) is 0 Å². The van der Waals surface area contributed by atoms with E-state index in [-0.39, 0.29) is 12.4 Å². The number of aliphatic hydroxyl groups is 1. The predicted octanol–water partition coefficient (Wildman–Crippen LogP) is 5.87. The molecule has 0 aliphatic carbocycles. The molecule has 0 heterocycles. The SMILES string of the molecule is CC(O)COc1c(Br)cc(-c2cc(Br)c(O)c(Br)c2)cc1Br. The molecule has 2 aromatic rings. The zero-order valence-corrected chi connectivity index (χ0v) is 17.8. The van der Waals surface area contributed by atoms with Crippen molar-refractivity contribution in [3.63, 3.8) is 0 Å². The van der Waals surface area contributed by atoms with Crippen LogP contribution in [0.1, 0.15) is 6.92 Å². The first-order valence-corrected chi connectivity index (χ1v) is 9.45. The molecule has 1 atom stereocenters. The number of aliphatic hydroxyl groups excluding tert-OH is 1. The number of aromatic hydroxyl groups is 1. The van der Waals surface area contributed by atoms with Crippen LogP contribution in [0, 0.1) is 0 Å². The fourth-order valence-electron chi connectivity index (χ4n) is 1.80. The van der Waals surface area contributed by atoms with Crippen LogP contribution < -0.4 is 4.74 Å². The van der Waals surface area contributed by atoms with E-state index in [0.717, 1.165) is 20.1 Å². The molecule has 0 amide bonds. The average Bonchev–Trinajstić information content (AvgIpc) is 2.42. The Morgan fingerprint density at radius 1 is 0.909 bits per heavy atom. The molecule has 0 bridgehead atoms. The number of phenolic OH excluding ortho intramolecular Hbond substituents is 1. The molecule has 3 nitrogen and oxygen atoms in total. The van der Waals surface area contributed by atoms with Crippen LogP contribution in [0.25, 0.3) is 11.1 Å². The summed E-state index contributed by atoms with van der Waals surface area (Å²) in [5.74, 6) is 0.806. The van der Waals surface area contributed by atoms with Gasteiger partial charge in [0.15, 0.2) is 0 Å². The average molecular weight is 560 g/mol. The first kappa shape index (κ1) is 18.3. The lowest BCUT2D eigenvalue weighted by Gasteiger charge is -2.14. The third kappa shape index (κ3) is 4.26. The second kappa shape index (κ2) is 7.66. The Bertz CT molecular complexity index is 655. The predicted molar refractivity (Wildman–Crippen MR) is 102 cm³/mol. The minimum Gasteiger partial charge on any atom is -0.506 e. The fraction of sp³-hybridized carbons (Fsp3) is 0.200. The van der Waals surface area contributed by atoms with Crippen molar-refractivity contribution in [1.82, 2.24) is 0 Å². The number of rotatable bonds is 4. The molecule has 0 aliphatic heterocycles. The Labute approximate surface area is 162 Å². The molecule has 2 aromatic carbocycles. The van der Waals surface area contributed by atoms with Crippen molar-refractivity contribution in [3.8, 4) is 22.6 Å². The van der Waals surface area contributed by atoms with Crippen LogP contribution in [0.2, 0.25) is 0 Å². The summed E-state index contributed by atoms with van der Waals surface area (Å²) in [4.78, 5) is 0. The topological polar surface area (TPSA) is 49.7 Å². The molecule has 0 fully saturated rings. The maximum atomic E-state index is 9.80.